The number of ketones is 1. The van der Waals surface area contributed by atoms with Gasteiger partial charge >= 0.3 is 0 Å². The van der Waals surface area contributed by atoms with Crippen LogP contribution < -0.4 is 9.47 Å². The number of Topliss-reactive ketones (excluding diaryl/α,β-unsaturated/α-hetero) is 1. The smallest absolute Gasteiger partial charge is 0.182 e. The van der Waals surface area contributed by atoms with Crippen LogP contribution in [0.25, 0.3) is 0 Å². The maximum absolute atomic E-state index is 11.7. The van der Waals surface area contributed by atoms with E-state index < -0.39 is 22.3 Å². The second kappa shape index (κ2) is 11.5. The Hall–Kier alpha value is -1.31. The highest BCUT2D eigenvalue weighted by Crippen LogP contribution is 2.40. The number of carbonyl (C=O) groups excluding carboxylic acids is 1. The van der Waals surface area contributed by atoms with Crippen LogP contribution in [0.1, 0.15) is 25.0 Å². The summed E-state index contributed by atoms with van der Waals surface area (Å²) in [7, 11) is -1.18. The quantitative estimate of drug-likeness (QED) is 0.449. The minimum atomic E-state index is -1.18. The van der Waals surface area contributed by atoms with Crippen LogP contribution in [0, 0.1) is 0 Å². The van der Waals surface area contributed by atoms with Gasteiger partial charge in [0.25, 0.3) is 0 Å². The van der Waals surface area contributed by atoms with Gasteiger partial charge in [-0.15, -0.1) is 11.6 Å². The Morgan fingerprint density at radius 1 is 1.10 bits per heavy atom. The van der Waals surface area contributed by atoms with E-state index >= 15 is 0 Å². The van der Waals surface area contributed by atoms with Gasteiger partial charge in [-0.25, -0.2) is 0 Å². The van der Waals surface area contributed by atoms with Gasteiger partial charge in [0.1, 0.15) is 25.1 Å². The second-order valence-electron chi connectivity index (χ2n) is 7.58. The lowest BCUT2D eigenvalue weighted by Crippen LogP contribution is -2.21. The van der Waals surface area contributed by atoms with Crippen molar-refractivity contribution >= 4 is 51.4 Å². The third-order valence-electron chi connectivity index (χ3n) is 4.66. The monoisotopic (exact) mass is 506 g/mol. The van der Waals surface area contributed by atoms with Gasteiger partial charge in [0.05, 0.1) is 21.7 Å². The van der Waals surface area contributed by atoms with E-state index in [1.807, 2.05) is 26.0 Å². The molecular formula is C22H25Cl3O5S. The molecule has 2 unspecified atom stereocenters. The van der Waals surface area contributed by atoms with Crippen molar-refractivity contribution in [2.75, 3.05) is 31.1 Å². The fourth-order valence-corrected chi connectivity index (χ4v) is 4.07. The molecule has 0 aliphatic heterocycles. The molecule has 170 valence electrons. The summed E-state index contributed by atoms with van der Waals surface area (Å²) in [6, 6.07) is 10.9. The van der Waals surface area contributed by atoms with Crippen molar-refractivity contribution in [3.63, 3.8) is 0 Å². The number of carbonyl (C=O) groups is 1. The van der Waals surface area contributed by atoms with Crippen LogP contribution in [0.4, 0.5) is 0 Å². The Balaban J connectivity index is 2.15. The highest BCUT2D eigenvalue weighted by molar-refractivity contribution is 7.85. The maximum atomic E-state index is 11.7. The number of ether oxygens (including phenoxy) is 2. The van der Waals surface area contributed by atoms with E-state index in [0.717, 1.165) is 11.1 Å². The molecule has 0 aliphatic carbocycles. The van der Waals surface area contributed by atoms with Crippen molar-refractivity contribution in [2.24, 2.45) is 0 Å². The molecule has 5 nitrogen and oxygen atoms in total. The minimum Gasteiger partial charge on any atom is -0.488 e. The zero-order chi connectivity index (χ0) is 23.2. The standard InChI is InChI=1S/C22H25Cl3O5S/c1-22(2,14-4-6-18(7-5-14)29-12-17(27)13-31(3)28)15-8-19(24)21(20(25)9-15)30-11-16(26)10-23/h4-9,16,26H,10-13H2,1-3H3. The Morgan fingerprint density at radius 3 is 2.19 bits per heavy atom. The molecule has 0 amide bonds. The van der Waals surface area contributed by atoms with Crippen LogP contribution in [0.15, 0.2) is 36.4 Å². The molecule has 0 spiro atoms. The van der Waals surface area contributed by atoms with Crippen molar-refractivity contribution in [3.05, 3.63) is 57.6 Å². The van der Waals surface area contributed by atoms with E-state index in [9.17, 15) is 14.1 Å². The van der Waals surface area contributed by atoms with Gasteiger partial charge in [0.15, 0.2) is 11.5 Å². The SMILES string of the molecule is CS(=O)CC(=O)COc1ccc(C(C)(C)c2cc(Cl)c(OCC(O)CCl)c(Cl)c2)cc1. The molecule has 31 heavy (non-hydrogen) atoms. The van der Waals surface area contributed by atoms with E-state index in [4.69, 9.17) is 44.3 Å². The fraction of sp³-hybridized carbons (Fsp3) is 0.409. The fourth-order valence-electron chi connectivity index (χ4n) is 2.85. The van der Waals surface area contributed by atoms with E-state index in [2.05, 4.69) is 0 Å². The van der Waals surface area contributed by atoms with Gasteiger partial charge in [0.2, 0.25) is 0 Å². The molecule has 2 rings (SSSR count). The molecule has 0 fully saturated rings. The first kappa shape index (κ1) is 25.9. The lowest BCUT2D eigenvalue weighted by Gasteiger charge is -2.27. The molecule has 0 aromatic heterocycles. The van der Waals surface area contributed by atoms with Gasteiger partial charge in [-0.05, 0) is 35.4 Å². The second-order valence-corrected chi connectivity index (χ2v) is 10.1. The molecule has 0 heterocycles. The molecule has 2 aromatic rings. The van der Waals surface area contributed by atoms with Gasteiger partial charge in [-0.1, -0.05) is 49.2 Å². The van der Waals surface area contributed by atoms with Gasteiger partial charge < -0.3 is 14.6 Å². The highest BCUT2D eigenvalue weighted by atomic mass is 35.5. The first-order valence-electron chi connectivity index (χ1n) is 9.46. The Bertz CT molecular complexity index is 908. The molecule has 0 aliphatic rings. The summed E-state index contributed by atoms with van der Waals surface area (Å²) in [6.07, 6.45) is 0.667. The Labute approximate surface area is 200 Å². The number of aliphatic hydroxyl groups excluding tert-OH is 1. The predicted octanol–water partition coefficient (Wildman–Crippen LogP) is 4.62. The third-order valence-corrected chi connectivity index (χ3v) is 6.30. The summed E-state index contributed by atoms with van der Waals surface area (Å²) in [6.45, 7) is 3.93. The summed E-state index contributed by atoms with van der Waals surface area (Å²) in [5, 5.41) is 10.3. The van der Waals surface area contributed by atoms with Crippen molar-refractivity contribution in [1.82, 2.24) is 0 Å². The van der Waals surface area contributed by atoms with Crippen molar-refractivity contribution in [1.29, 1.82) is 0 Å². The lowest BCUT2D eigenvalue weighted by molar-refractivity contribution is -0.118. The molecule has 9 heteroatoms. The zero-order valence-corrected chi connectivity index (χ0v) is 20.6. The molecular weight excluding hydrogens is 483 g/mol. The first-order valence-corrected chi connectivity index (χ1v) is 12.5. The average Bonchev–Trinajstić information content (AvgIpc) is 2.71. The number of alkyl halides is 1. The van der Waals surface area contributed by atoms with Gasteiger partial charge in [-0.3, -0.25) is 9.00 Å². The summed E-state index contributed by atoms with van der Waals surface area (Å²) in [5.41, 5.74) is 1.43. The number of halogens is 3. The Kier molecular flexibility index (Phi) is 9.65. The molecule has 0 bridgehead atoms. The topological polar surface area (TPSA) is 72.8 Å². The summed E-state index contributed by atoms with van der Waals surface area (Å²) in [4.78, 5) is 11.7. The number of hydrogen-bond donors (Lipinski definition) is 1. The first-order chi connectivity index (χ1) is 14.5. The molecule has 2 aromatic carbocycles. The number of benzene rings is 2. The van der Waals surface area contributed by atoms with Gasteiger partial charge in [-0.2, -0.15) is 0 Å². The van der Waals surface area contributed by atoms with Crippen LogP contribution in [0.3, 0.4) is 0 Å². The lowest BCUT2D eigenvalue weighted by atomic mass is 9.78. The van der Waals surface area contributed by atoms with E-state index in [-0.39, 0.29) is 30.6 Å². The van der Waals surface area contributed by atoms with Crippen molar-refractivity contribution in [3.8, 4) is 11.5 Å². The number of aliphatic hydroxyl groups is 1. The van der Waals surface area contributed by atoms with Crippen LogP contribution in [0.5, 0.6) is 11.5 Å². The predicted molar refractivity (Wildman–Crippen MR) is 127 cm³/mol. The van der Waals surface area contributed by atoms with Crippen LogP contribution in [-0.4, -0.2) is 52.3 Å². The zero-order valence-electron chi connectivity index (χ0n) is 17.5. The van der Waals surface area contributed by atoms with E-state index in [1.54, 1.807) is 24.3 Å². The van der Waals surface area contributed by atoms with E-state index in [1.165, 1.54) is 6.26 Å². The third kappa shape index (κ3) is 7.36. The molecule has 0 saturated heterocycles. The van der Waals surface area contributed by atoms with Crippen LogP contribution in [-0.2, 0) is 21.0 Å². The summed E-state index contributed by atoms with van der Waals surface area (Å²) < 4.78 is 22.1. The summed E-state index contributed by atoms with van der Waals surface area (Å²) in [5.74, 6) is 0.667. The Morgan fingerprint density at radius 2 is 1.68 bits per heavy atom. The highest BCUT2D eigenvalue weighted by Gasteiger charge is 2.26. The average molecular weight is 508 g/mol. The number of hydrogen-bond acceptors (Lipinski definition) is 5. The molecule has 2 atom stereocenters. The minimum absolute atomic E-state index is 0.0101. The molecule has 0 radical (unpaired) electrons. The van der Waals surface area contributed by atoms with Crippen molar-refractivity contribution < 1.29 is 23.6 Å². The largest absolute Gasteiger partial charge is 0.488 e. The summed E-state index contributed by atoms with van der Waals surface area (Å²) >= 11 is 18.4. The van der Waals surface area contributed by atoms with Crippen molar-refractivity contribution in [2.45, 2.75) is 25.4 Å². The van der Waals surface area contributed by atoms with Crippen LogP contribution in [0.2, 0.25) is 10.0 Å². The maximum Gasteiger partial charge on any atom is 0.182 e. The van der Waals surface area contributed by atoms with Crippen LogP contribution >= 0.6 is 34.8 Å². The molecule has 0 saturated carbocycles. The number of rotatable bonds is 11. The normalized spacial score (nSPS) is 13.5. The van der Waals surface area contributed by atoms with E-state index in [0.29, 0.717) is 21.5 Å². The molecule has 1 N–H and O–H groups in total. The van der Waals surface area contributed by atoms with Gasteiger partial charge in [0, 0.05) is 22.5 Å².